The van der Waals surface area contributed by atoms with Gasteiger partial charge in [-0.1, -0.05) is 24.3 Å². The number of amides is 1. The summed E-state index contributed by atoms with van der Waals surface area (Å²) in [6.45, 7) is -2.54. The summed E-state index contributed by atoms with van der Waals surface area (Å²) in [5.41, 5.74) is 0.762. The number of alkyl halides is 2. The highest BCUT2D eigenvalue weighted by molar-refractivity contribution is 7.20. The van der Waals surface area contributed by atoms with Gasteiger partial charge in [-0.3, -0.25) is 4.79 Å². The molecule has 136 valence electrons. The van der Waals surface area contributed by atoms with Gasteiger partial charge >= 0.3 is 6.61 Å². The molecule has 0 radical (unpaired) electrons. The van der Waals surface area contributed by atoms with E-state index in [2.05, 4.69) is 10.1 Å². The van der Waals surface area contributed by atoms with E-state index in [0.29, 0.717) is 17.8 Å². The van der Waals surface area contributed by atoms with Gasteiger partial charge in [-0.2, -0.15) is 8.78 Å². The number of ether oxygens (including phenoxy) is 2. The predicted octanol–water partition coefficient (Wildman–Crippen LogP) is 4.48. The fourth-order valence-electron chi connectivity index (χ4n) is 2.57. The van der Waals surface area contributed by atoms with E-state index in [1.165, 1.54) is 24.5 Å². The molecule has 0 atom stereocenters. The van der Waals surface area contributed by atoms with Gasteiger partial charge in [0, 0.05) is 11.2 Å². The van der Waals surface area contributed by atoms with Crippen molar-refractivity contribution in [2.24, 2.45) is 0 Å². The zero-order valence-electron chi connectivity index (χ0n) is 14.0. The van der Waals surface area contributed by atoms with Crippen molar-refractivity contribution in [3.63, 3.8) is 0 Å². The summed E-state index contributed by atoms with van der Waals surface area (Å²) >= 11 is 1.43. The maximum Gasteiger partial charge on any atom is 0.387 e. The molecule has 26 heavy (non-hydrogen) atoms. The van der Waals surface area contributed by atoms with E-state index in [1.807, 2.05) is 30.3 Å². The van der Waals surface area contributed by atoms with Crippen molar-refractivity contribution >= 4 is 27.3 Å². The minimum absolute atomic E-state index is 0.0177. The number of carbonyl (C=O) groups is 1. The monoisotopic (exact) mass is 377 g/mol. The number of hydrogen-bond acceptors (Lipinski definition) is 4. The number of benzene rings is 2. The molecule has 7 heteroatoms. The largest absolute Gasteiger partial charge is 0.493 e. The molecule has 0 aliphatic heterocycles. The van der Waals surface area contributed by atoms with E-state index in [0.717, 1.165) is 15.6 Å². The molecule has 0 aliphatic rings. The zero-order valence-corrected chi connectivity index (χ0v) is 14.8. The molecule has 0 aliphatic carbocycles. The van der Waals surface area contributed by atoms with Gasteiger partial charge in [-0.25, -0.2) is 0 Å². The lowest BCUT2D eigenvalue weighted by Crippen LogP contribution is -2.24. The van der Waals surface area contributed by atoms with Crippen LogP contribution in [-0.4, -0.2) is 26.2 Å². The van der Waals surface area contributed by atoms with Crippen molar-refractivity contribution in [3.05, 3.63) is 59.0 Å². The summed E-state index contributed by atoms with van der Waals surface area (Å²) in [5.74, 6) is 0.0722. The average Bonchev–Trinajstić information content (AvgIpc) is 3.05. The van der Waals surface area contributed by atoms with Crippen molar-refractivity contribution < 1.29 is 23.0 Å². The summed E-state index contributed by atoms with van der Waals surface area (Å²) in [6, 6.07) is 14.5. The van der Waals surface area contributed by atoms with E-state index in [1.54, 1.807) is 12.1 Å². The molecule has 2 aromatic carbocycles. The Morgan fingerprint density at radius 2 is 1.96 bits per heavy atom. The lowest BCUT2D eigenvalue weighted by molar-refractivity contribution is -0.0512. The van der Waals surface area contributed by atoms with Crippen LogP contribution in [0.25, 0.3) is 10.1 Å². The number of halogens is 2. The average molecular weight is 377 g/mol. The van der Waals surface area contributed by atoms with Gasteiger partial charge in [0.05, 0.1) is 12.0 Å². The third-order valence-corrected chi connectivity index (χ3v) is 4.91. The van der Waals surface area contributed by atoms with Crippen molar-refractivity contribution in [3.8, 4) is 11.5 Å². The van der Waals surface area contributed by atoms with Gasteiger partial charge in [-0.15, -0.1) is 11.3 Å². The number of rotatable bonds is 7. The molecule has 1 N–H and O–H groups in total. The van der Waals surface area contributed by atoms with E-state index >= 15 is 0 Å². The number of methoxy groups -OCH3 is 1. The Morgan fingerprint density at radius 3 is 2.69 bits per heavy atom. The topological polar surface area (TPSA) is 47.6 Å². The second kappa shape index (κ2) is 8.14. The predicted molar refractivity (Wildman–Crippen MR) is 97.5 cm³/mol. The maximum atomic E-state index is 12.5. The molecule has 1 amide bonds. The van der Waals surface area contributed by atoms with Gasteiger partial charge in [0.25, 0.3) is 5.91 Å². The van der Waals surface area contributed by atoms with Crippen molar-refractivity contribution in [2.75, 3.05) is 13.7 Å². The minimum atomic E-state index is -2.92. The molecule has 0 bridgehead atoms. The minimum Gasteiger partial charge on any atom is -0.493 e. The van der Waals surface area contributed by atoms with Gasteiger partial charge < -0.3 is 14.8 Å². The van der Waals surface area contributed by atoms with Gasteiger partial charge in [0.2, 0.25) is 0 Å². The summed E-state index contributed by atoms with van der Waals surface area (Å²) in [4.78, 5) is 12.9. The first-order chi connectivity index (χ1) is 12.6. The Hall–Kier alpha value is -2.67. The van der Waals surface area contributed by atoms with E-state index in [9.17, 15) is 13.6 Å². The Kier molecular flexibility index (Phi) is 5.68. The number of carbonyl (C=O) groups excluding carboxylic acids is 1. The van der Waals surface area contributed by atoms with Crippen LogP contribution in [0.3, 0.4) is 0 Å². The molecule has 0 saturated carbocycles. The van der Waals surface area contributed by atoms with Crippen LogP contribution in [0.4, 0.5) is 8.78 Å². The Labute approximate surface area is 153 Å². The zero-order chi connectivity index (χ0) is 18.5. The van der Waals surface area contributed by atoms with Crippen LogP contribution in [0.15, 0.2) is 48.5 Å². The van der Waals surface area contributed by atoms with Gasteiger partial charge in [0.1, 0.15) is 0 Å². The highest BCUT2D eigenvalue weighted by Gasteiger charge is 2.12. The number of hydrogen-bond donors (Lipinski definition) is 1. The molecular weight excluding hydrogens is 360 g/mol. The molecule has 3 aromatic rings. The van der Waals surface area contributed by atoms with Gasteiger partial charge in [0.15, 0.2) is 11.5 Å². The van der Waals surface area contributed by atoms with Crippen LogP contribution >= 0.6 is 11.3 Å². The van der Waals surface area contributed by atoms with E-state index < -0.39 is 6.61 Å². The summed E-state index contributed by atoms with van der Waals surface area (Å²) < 4.78 is 35.5. The van der Waals surface area contributed by atoms with Crippen LogP contribution in [0, 0.1) is 0 Å². The first-order valence-electron chi connectivity index (χ1n) is 7.95. The highest BCUT2D eigenvalue weighted by atomic mass is 32.1. The van der Waals surface area contributed by atoms with Crippen LogP contribution in [0.1, 0.15) is 15.2 Å². The normalized spacial score (nSPS) is 10.9. The molecule has 1 heterocycles. The van der Waals surface area contributed by atoms with Gasteiger partial charge in [-0.05, 0) is 41.6 Å². The van der Waals surface area contributed by atoms with Crippen LogP contribution < -0.4 is 14.8 Å². The van der Waals surface area contributed by atoms with Crippen LogP contribution in [-0.2, 0) is 6.42 Å². The van der Waals surface area contributed by atoms with E-state index in [-0.39, 0.29) is 17.4 Å². The molecule has 3 rings (SSSR count). The Balaban J connectivity index is 1.61. The standard InChI is InChI=1S/C19H17F2NO3S/c1-24-14-7-6-12(10-15(14)25-19(20)21)8-9-22-18(23)17-11-13-4-2-3-5-16(13)26-17/h2-7,10-11,19H,8-9H2,1H3,(H,22,23). The second-order valence-corrected chi connectivity index (χ2v) is 6.60. The highest BCUT2D eigenvalue weighted by Crippen LogP contribution is 2.29. The first-order valence-corrected chi connectivity index (χ1v) is 8.77. The lowest BCUT2D eigenvalue weighted by Gasteiger charge is -2.11. The summed E-state index contributed by atoms with van der Waals surface area (Å²) in [6.07, 6.45) is 0.486. The van der Waals surface area contributed by atoms with Crippen molar-refractivity contribution in [1.82, 2.24) is 5.32 Å². The van der Waals surface area contributed by atoms with Crippen molar-refractivity contribution in [1.29, 1.82) is 0 Å². The number of thiophene rings is 1. The molecule has 1 aromatic heterocycles. The molecular formula is C19H17F2NO3S. The summed E-state index contributed by atoms with van der Waals surface area (Å²) in [7, 11) is 1.39. The quantitative estimate of drug-likeness (QED) is 0.660. The fourth-order valence-corrected chi connectivity index (χ4v) is 3.55. The first kappa shape index (κ1) is 18.1. The fraction of sp³-hybridized carbons (Fsp3) is 0.211. The van der Waals surface area contributed by atoms with Crippen LogP contribution in [0.2, 0.25) is 0 Å². The number of nitrogens with one attached hydrogen (secondary N) is 1. The third-order valence-electron chi connectivity index (χ3n) is 3.79. The van der Waals surface area contributed by atoms with E-state index in [4.69, 9.17) is 4.74 Å². The molecule has 0 spiro atoms. The smallest absolute Gasteiger partial charge is 0.387 e. The summed E-state index contributed by atoms with van der Waals surface area (Å²) in [5, 5.41) is 3.88. The molecule has 0 saturated heterocycles. The van der Waals surface area contributed by atoms with Crippen LogP contribution in [0.5, 0.6) is 11.5 Å². The molecule has 0 fully saturated rings. The Bertz CT molecular complexity index is 878. The lowest BCUT2D eigenvalue weighted by atomic mass is 10.1. The maximum absolute atomic E-state index is 12.5. The molecule has 0 unspecified atom stereocenters. The third kappa shape index (κ3) is 4.29. The SMILES string of the molecule is COc1ccc(CCNC(=O)c2cc3ccccc3s2)cc1OC(F)F. The molecule has 4 nitrogen and oxygen atoms in total. The Morgan fingerprint density at radius 1 is 1.15 bits per heavy atom. The van der Waals surface area contributed by atoms with Crippen molar-refractivity contribution in [2.45, 2.75) is 13.0 Å². The number of fused-ring (bicyclic) bond motifs is 1. The second-order valence-electron chi connectivity index (χ2n) is 5.52.